The Morgan fingerprint density at radius 1 is 1.20 bits per heavy atom. The maximum absolute atomic E-state index is 11.9. The van der Waals surface area contributed by atoms with E-state index in [1.165, 1.54) is 11.8 Å². The highest BCUT2D eigenvalue weighted by Crippen LogP contribution is 2.18. The average molecular weight is 289 g/mol. The normalized spacial score (nSPS) is 22.2. The van der Waals surface area contributed by atoms with Gasteiger partial charge in [0.2, 0.25) is 5.91 Å². The van der Waals surface area contributed by atoms with Crippen LogP contribution in [-0.4, -0.2) is 80.5 Å². The first-order valence-corrected chi connectivity index (χ1v) is 6.68. The molecule has 0 aliphatic carbocycles. The van der Waals surface area contributed by atoms with E-state index in [4.69, 9.17) is 14.2 Å². The maximum atomic E-state index is 11.9. The molecule has 20 heavy (non-hydrogen) atoms. The van der Waals surface area contributed by atoms with Crippen LogP contribution in [0.3, 0.4) is 0 Å². The molecule has 1 fully saturated rings. The summed E-state index contributed by atoms with van der Waals surface area (Å²) < 4.78 is 15.2. The van der Waals surface area contributed by atoms with Crippen LogP contribution in [0.1, 0.15) is 13.3 Å². The molecule has 2 unspecified atom stereocenters. The molecule has 0 aromatic rings. The van der Waals surface area contributed by atoms with E-state index < -0.39 is 12.1 Å². The maximum Gasteiger partial charge on any atom is 0.249 e. The van der Waals surface area contributed by atoms with Crippen LogP contribution in [0.15, 0.2) is 0 Å². The molecule has 116 valence electrons. The first-order valence-electron chi connectivity index (χ1n) is 6.68. The Morgan fingerprint density at radius 2 is 1.85 bits per heavy atom. The van der Waals surface area contributed by atoms with Crippen molar-refractivity contribution in [3.05, 3.63) is 0 Å². The van der Waals surface area contributed by atoms with Crippen molar-refractivity contribution in [3.63, 3.8) is 0 Å². The van der Waals surface area contributed by atoms with Crippen molar-refractivity contribution in [1.82, 2.24) is 4.90 Å². The van der Waals surface area contributed by atoms with Gasteiger partial charge in [-0.2, -0.15) is 0 Å². The molecule has 0 bridgehead atoms. The predicted molar refractivity (Wildman–Crippen MR) is 70.3 cm³/mol. The fourth-order valence-electron chi connectivity index (χ4n) is 2.08. The topological polar surface area (TPSA) is 85.3 Å². The van der Waals surface area contributed by atoms with Gasteiger partial charge in [0.15, 0.2) is 5.78 Å². The molecule has 7 heteroatoms. The van der Waals surface area contributed by atoms with Gasteiger partial charge in [-0.05, 0) is 6.92 Å². The van der Waals surface area contributed by atoms with Crippen molar-refractivity contribution < 1.29 is 28.9 Å². The molecule has 1 saturated heterocycles. The molecule has 0 aromatic heterocycles. The number of carbonyl (C=O) groups is 2. The lowest BCUT2D eigenvalue weighted by Gasteiger charge is -2.22. The fourth-order valence-corrected chi connectivity index (χ4v) is 2.08. The van der Waals surface area contributed by atoms with E-state index in [-0.39, 0.29) is 24.8 Å². The highest BCUT2D eigenvalue weighted by molar-refractivity contribution is 5.88. The van der Waals surface area contributed by atoms with Crippen molar-refractivity contribution >= 4 is 11.7 Å². The molecule has 1 N–H and O–H groups in total. The molecule has 2 atom stereocenters. The smallest absolute Gasteiger partial charge is 0.249 e. The number of aliphatic hydroxyl groups excluding tert-OH is 1. The Kier molecular flexibility index (Phi) is 7.68. The minimum atomic E-state index is -0.634. The Hall–Kier alpha value is -1.02. The quantitative estimate of drug-likeness (QED) is 0.560. The number of rotatable bonds is 9. The van der Waals surface area contributed by atoms with Crippen LogP contribution in [0.5, 0.6) is 0 Å². The number of nitrogens with zero attached hydrogens (tertiary/aromatic N) is 1. The summed E-state index contributed by atoms with van der Waals surface area (Å²) in [5.74, 6) is -0.392. The van der Waals surface area contributed by atoms with Crippen LogP contribution >= 0.6 is 0 Å². The lowest BCUT2D eigenvalue weighted by Crippen LogP contribution is -2.41. The van der Waals surface area contributed by atoms with Crippen LogP contribution in [0.25, 0.3) is 0 Å². The zero-order valence-corrected chi connectivity index (χ0v) is 12.0. The molecule has 1 amide bonds. The van der Waals surface area contributed by atoms with Crippen LogP contribution in [0.2, 0.25) is 0 Å². The third kappa shape index (κ3) is 5.54. The number of hydrogen-bond donors (Lipinski definition) is 1. The molecule has 0 aromatic carbocycles. The van der Waals surface area contributed by atoms with Crippen molar-refractivity contribution in [2.45, 2.75) is 25.5 Å². The van der Waals surface area contributed by atoms with E-state index in [1.54, 1.807) is 7.11 Å². The molecule has 1 heterocycles. The summed E-state index contributed by atoms with van der Waals surface area (Å²) in [6, 6.07) is -0.529. The summed E-state index contributed by atoms with van der Waals surface area (Å²) in [5.41, 5.74) is 0. The van der Waals surface area contributed by atoms with Gasteiger partial charge in [-0.15, -0.1) is 0 Å². The Balaban J connectivity index is 2.20. The number of Topliss-reactive ketones (excluding diaryl/α,β-unsaturated/α-hetero) is 1. The number of ketones is 1. The molecule has 1 aliphatic heterocycles. The largest absolute Gasteiger partial charge is 0.391 e. The van der Waals surface area contributed by atoms with Crippen LogP contribution in [0.4, 0.5) is 0 Å². The van der Waals surface area contributed by atoms with Gasteiger partial charge < -0.3 is 24.2 Å². The van der Waals surface area contributed by atoms with Gasteiger partial charge in [0.25, 0.3) is 0 Å². The monoisotopic (exact) mass is 289 g/mol. The molecule has 0 radical (unpaired) electrons. The van der Waals surface area contributed by atoms with Crippen molar-refractivity contribution in [2.75, 3.05) is 46.7 Å². The number of carbonyl (C=O) groups excluding carboxylic acids is 2. The summed E-state index contributed by atoms with van der Waals surface area (Å²) in [6.45, 7) is 3.20. The summed E-state index contributed by atoms with van der Waals surface area (Å²) in [6.07, 6.45) is -0.327. The van der Waals surface area contributed by atoms with Gasteiger partial charge in [0.1, 0.15) is 6.61 Å². The van der Waals surface area contributed by atoms with Crippen LogP contribution < -0.4 is 0 Å². The lowest BCUT2D eigenvalue weighted by atomic mass is 10.1. The number of aliphatic hydroxyl groups is 1. The average Bonchev–Trinajstić information content (AvgIpc) is 2.80. The standard InChI is InChI=1S/C13H23NO6/c1-10(15)12-7-11(16)8-14(12)13(17)9-20-6-5-19-4-3-18-2/h11-12,16H,3-9H2,1-2H3. The van der Waals surface area contributed by atoms with E-state index in [2.05, 4.69) is 0 Å². The lowest BCUT2D eigenvalue weighted by molar-refractivity contribution is -0.141. The number of β-amino-alcohol motifs (C(OH)–C–C–N with tert-alkyl or cyclic N) is 1. The molecular weight excluding hydrogens is 266 g/mol. The highest BCUT2D eigenvalue weighted by Gasteiger charge is 2.36. The summed E-state index contributed by atoms with van der Waals surface area (Å²) in [5, 5.41) is 9.54. The van der Waals surface area contributed by atoms with E-state index >= 15 is 0 Å². The molecule has 0 spiro atoms. The third-order valence-electron chi connectivity index (χ3n) is 3.10. The zero-order valence-electron chi connectivity index (χ0n) is 12.0. The third-order valence-corrected chi connectivity index (χ3v) is 3.10. The summed E-state index contributed by atoms with van der Waals surface area (Å²) in [4.78, 5) is 24.7. The number of amides is 1. The predicted octanol–water partition coefficient (Wildman–Crippen LogP) is -0.783. The Morgan fingerprint density at radius 3 is 2.50 bits per heavy atom. The second-order valence-electron chi connectivity index (χ2n) is 4.72. The van der Waals surface area contributed by atoms with Gasteiger partial charge in [0, 0.05) is 20.1 Å². The summed E-state index contributed by atoms with van der Waals surface area (Å²) in [7, 11) is 1.59. The van der Waals surface area contributed by atoms with E-state index in [0.717, 1.165) is 0 Å². The number of hydrogen-bond acceptors (Lipinski definition) is 6. The molecule has 1 rings (SSSR count). The van der Waals surface area contributed by atoms with Gasteiger partial charge in [-0.3, -0.25) is 9.59 Å². The molecule has 0 saturated carbocycles. The fraction of sp³-hybridized carbons (Fsp3) is 0.846. The second kappa shape index (κ2) is 9.02. The van der Waals surface area contributed by atoms with E-state index in [9.17, 15) is 14.7 Å². The molecule has 7 nitrogen and oxygen atoms in total. The first-order chi connectivity index (χ1) is 9.56. The van der Waals surface area contributed by atoms with Crippen LogP contribution in [0, 0.1) is 0 Å². The minimum Gasteiger partial charge on any atom is -0.391 e. The SMILES string of the molecule is COCCOCCOCC(=O)N1CC(O)CC1C(C)=O. The summed E-state index contributed by atoms with van der Waals surface area (Å²) >= 11 is 0. The zero-order chi connectivity index (χ0) is 15.0. The second-order valence-corrected chi connectivity index (χ2v) is 4.72. The highest BCUT2D eigenvalue weighted by atomic mass is 16.5. The van der Waals surface area contributed by atoms with Gasteiger partial charge >= 0.3 is 0 Å². The number of methoxy groups -OCH3 is 1. The first kappa shape index (κ1) is 17.0. The molecular formula is C13H23NO6. The van der Waals surface area contributed by atoms with Crippen LogP contribution in [-0.2, 0) is 23.8 Å². The van der Waals surface area contributed by atoms with E-state index in [1.807, 2.05) is 0 Å². The van der Waals surface area contributed by atoms with Crippen molar-refractivity contribution in [3.8, 4) is 0 Å². The van der Waals surface area contributed by atoms with Crippen molar-refractivity contribution in [2.24, 2.45) is 0 Å². The number of ether oxygens (including phenoxy) is 3. The minimum absolute atomic E-state index is 0.107. The van der Waals surface area contributed by atoms with Gasteiger partial charge in [0.05, 0.1) is 38.6 Å². The Bertz CT molecular complexity index is 322. The number of likely N-dealkylation sites (tertiary alicyclic amines) is 1. The van der Waals surface area contributed by atoms with Crippen molar-refractivity contribution in [1.29, 1.82) is 0 Å². The molecule has 1 aliphatic rings. The Labute approximate surface area is 118 Å². The van der Waals surface area contributed by atoms with Gasteiger partial charge in [-0.1, -0.05) is 0 Å². The van der Waals surface area contributed by atoms with Gasteiger partial charge in [-0.25, -0.2) is 0 Å². The van der Waals surface area contributed by atoms with E-state index in [0.29, 0.717) is 32.8 Å².